The number of allylic oxidation sites excluding steroid dienone is 1. The second-order valence-corrected chi connectivity index (χ2v) is 7.64. The summed E-state index contributed by atoms with van der Waals surface area (Å²) in [6.45, 7) is 1.67. The molecule has 2 atom stereocenters. The predicted molar refractivity (Wildman–Crippen MR) is 116 cm³/mol. The molecule has 0 bridgehead atoms. The Hall–Kier alpha value is -3.66. The second kappa shape index (κ2) is 8.70. The zero-order valence-electron chi connectivity index (χ0n) is 17.6. The van der Waals surface area contributed by atoms with E-state index >= 15 is 0 Å². The zero-order chi connectivity index (χ0) is 22.9. The van der Waals surface area contributed by atoms with E-state index < -0.39 is 11.7 Å². The number of benzene rings is 1. The smallest absolute Gasteiger partial charge is 0.261 e. The molecule has 1 fully saturated rings. The van der Waals surface area contributed by atoms with Crippen LogP contribution < -0.4 is 10.9 Å². The third-order valence-electron chi connectivity index (χ3n) is 5.44. The molecule has 168 valence electrons. The molecule has 1 aliphatic heterocycles. The van der Waals surface area contributed by atoms with Gasteiger partial charge in [-0.15, -0.1) is 0 Å². The van der Waals surface area contributed by atoms with E-state index in [0.717, 1.165) is 0 Å². The highest BCUT2D eigenvalue weighted by Gasteiger charge is 2.28. The van der Waals surface area contributed by atoms with Crippen molar-refractivity contribution in [2.75, 3.05) is 6.79 Å². The number of hydrogen-bond donors (Lipinski definition) is 2. The molecule has 9 heteroatoms. The fourth-order valence-corrected chi connectivity index (χ4v) is 3.70. The number of halogens is 1. The summed E-state index contributed by atoms with van der Waals surface area (Å²) in [5, 5.41) is 13.1. The maximum Gasteiger partial charge on any atom is 0.261 e. The molecule has 33 heavy (non-hydrogen) atoms. The minimum Gasteiger partial charge on any atom is -0.436 e. The molecule has 0 unspecified atom stereocenters. The molecular weight excluding hydrogens is 429 g/mol. The van der Waals surface area contributed by atoms with Gasteiger partial charge < -0.3 is 24.3 Å². The van der Waals surface area contributed by atoms with Crippen molar-refractivity contribution in [1.29, 1.82) is 0 Å². The number of nitrogens with zero attached hydrogens (tertiary/aromatic N) is 2. The fourth-order valence-electron chi connectivity index (χ4n) is 3.70. The molecule has 0 radical (unpaired) electrons. The molecular formula is C24H20FN3O5. The average Bonchev–Trinajstić information content (AvgIpc) is 3.29. The topological polar surface area (TPSA) is 106 Å². The van der Waals surface area contributed by atoms with Gasteiger partial charge in [0.2, 0.25) is 5.55 Å². The van der Waals surface area contributed by atoms with Crippen LogP contribution in [0.25, 0.3) is 11.0 Å². The summed E-state index contributed by atoms with van der Waals surface area (Å²) in [6, 6.07) is 7.12. The highest BCUT2D eigenvalue weighted by molar-refractivity contribution is 5.98. The Bertz CT molecular complexity index is 1360. The lowest BCUT2D eigenvalue weighted by atomic mass is 10.1. The number of aliphatic hydroxyl groups is 1. The summed E-state index contributed by atoms with van der Waals surface area (Å²) in [4.78, 5) is 22.0. The molecule has 0 saturated carbocycles. The van der Waals surface area contributed by atoms with Gasteiger partial charge in [0.05, 0.1) is 18.0 Å². The first kappa shape index (κ1) is 21.2. The number of fused-ring (bicyclic) bond motifs is 2. The number of pyridine rings is 1. The van der Waals surface area contributed by atoms with Gasteiger partial charge in [0.15, 0.2) is 5.58 Å². The van der Waals surface area contributed by atoms with Crippen LogP contribution in [0.5, 0.6) is 0 Å². The fraction of sp³-hybridized carbons (Fsp3) is 0.208. The van der Waals surface area contributed by atoms with E-state index in [2.05, 4.69) is 15.3 Å². The summed E-state index contributed by atoms with van der Waals surface area (Å²) in [5.74, 6) is -0.865. The van der Waals surface area contributed by atoms with Crippen molar-refractivity contribution < 1.29 is 28.2 Å². The van der Waals surface area contributed by atoms with Crippen LogP contribution in [0.4, 0.5) is 10.1 Å². The number of nitrogens with one attached hydrogen (secondary N) is 1. The van der Waals surface area contributed by atoms with E-state index in [4.69, 9.17) is 13.9 Å². The van der Waals surface area contributed by atoms with Crippen LogP contribution in [0.2, 0.25) is 0 Å². The SMILES string of the molecule is Cc1ncc(CO)c2cc(C(=O)NC3=C[C@@H]4OCO[C@@H]4C=C3)c(=Nc3ccc(F)cc3)oc12. The first-order chi connectivity index (χ1) is 16.0. The largest absolute Gasteiger partial charge is 0.436 e. The van der Waals surface area contributed by atoms with Crippen molar-refractivity contribution in [2.45, 2.75) is 25.7 Å². The molecule has 5 rings (SSSR count). The summed E-state index contributed by atoms with van der Waals surface area (Å²) in [7, 11) is 0. The summed E-state index contributed by atoms with van der Waals surface area (Å²) < 4.78 is 30.2. The predicted octanol–water partition coefficient (Wildman–Crippen LogP) is 2.93. The molecule has 1 aliphatic carbocycles. The molecule has 2 aliphatic rings. The second-order valence-electron chi connectivity index (χ2n) is 7.64. The van der Waals surface area contributed by atoms with Crippen molar-refractivity contribution >= 4 is 22.6 Å². The van der Waals surface area contributed by atoms with Gasteiger partial charge >= 0.3 is 0 Å². The molecule has 1 saturated heterocycles. The number of rotatable bonds is 4. The van der Waals surface area contributed by atoms with Crippen LogP contribution in [-0.2, 0) is 16.1 Å². The van der Waals surface area contributed by atoms with Crippen LogP contribution in [0.3, 0.4) is 0 Å². The summed E-state index contributed by atoms with van der Waals surface area (Å²) in [6.07, 6.45) is 6.43. The normalized spacial score (nSPS) is 20.1. The average molecular weight is 449 g/mol. The minimum atomic E-state index is -0.465. The Kier molecular flexibility index (Phi) is 5.59. The van der Waals surface area contributed by atoms with Gasteiger partial charge in [-0.25, -0.2) is 9.38 Å². The van der Waals surface area contributed by atoms with Crippen molar-refractivity contribution in [2.24, 2.45) is 4.99 Å². The lowest BCUT2D eigenvalue weighted by Gasteiger charge is -2.17. The molecule has 1 aromatic carbocycles. The number of carbonyl (C=O) groups excluding carboxylic acids is 1. The van der Waals surface area contributed by atoms with E-state index in [0.29, 0.717) is 33.6 Å². The van der Waals surface area contributed by atoms with Crippen molar-refractivity contribution in [3.63, 3.8) is 0 Å². The van der Waals surface area contributed by atoms with Crippen molar-refractivity contribution in [3.05, 3.63) is 88.6 Å². The first-order valence-corrected chi connectivity index (χ1v) is 10.3. The standard InChI is InChI=1S/C24H20FN3O5/c1-13-22-18(14(11-29)10-26-13)9-19(24(33-22)28-16-4-2-15(25)3-5-16)23(30)27-17-6-7-20-21(8-17)32-12-31-20/h2-10,20-21,29H,11-12H2,1H3,(H,27,30)/t20-,21+/m1/s1. The molecule has 3 heterocycles. The maximum atomic E-state index is 13.3. The minimum absolute atomic E-state index is 0.0327. The number of hydrogen-bond acceptors (Lipinski definition) is 7. The van der Waals surface area contributed by atoms with Gasteiger partial charge in [-0.2, -0.15) is 0 Å². The van der Waals surface area contributed by atoms with Crippen molar-refractivity contribution in [3.8, 4) is 0 Å². The van der Waals surface area contributed by atoms with E-state index in [1.807, 2.05) is 6.08 Å². The van der Waals surface area contributed by atoms with Crippen LogP contribution >= 0.6 is 0 Å². The van der Waals surface area contributed by atoms with E-state index in [1.54, 1.807) is 25.1 Å². The summed E-state index contributed by atoms with van der Waals surface area (Å²) >= 11 is 0. The Labute approximate surface area is 187 Å². The highest BCUT2D eigenvalue weighted by Crippen LogP contribution is 2.23. The Morgan fingerprint density at radius 2 is 2.06 bits per heavy atom. The van der Waals surface area contributed by atoms with Gasteiger partial charge in [-0.05, 0) is 49.4 Å². The number of aryl methyl sites for hydroxylation is 1. The number of aromatic nitrogens is 1. The number of carbonyl (C=O) groups is 1. The molecule has 2 N–H and O–H groups in total. The Balaban J connectivity index is 1.61. The molecule has 3 aromatic rings. The van der Waals surface area contributed by atoms with Crippen molar-refractivity contribution in [1.82, 2.24) is 10.3 Å². The lowest BCUT2D eigenvalue weighted by Crippen LogP contribution is -2.31. The number of amides is 1. The maximum absolute atomic E-state index is 13.3. The van der Waals surface area contributed by atoms with Crippen LogP contribution in [0.15, 0.2) is 69.9 Å². The molecule has 2 aromatic heterocycles. The third kappa shape index (κ3) is 4.21. The Morgan fingerprint density at radius 1 is 1.27 bits per heavy atom. The van der Waals surface area contributed by atoms with Gasteiger partial charge in [-0.3, -0.25) is 9.78 Å². The molecule has 1 amide bonds. The van der Waals surface area contributed by atoms with Gasteiger partial charge in [0, 0.05) is 22.8 Å². The monoisotopic (exact) mass is 449 g/mol. The zero-order valence-corrected chi connectivity index (χ0v) is 17.6. The van der Waals surface area contributed by atoms with Gasteiger partial charge in [-0.1, -0.05) is 6.08 Å². The molecule has 8 nitrogen and oxygen atoms in total. The first-order valence-electron chi connectivity index (χ1n) is 10.3. The number of ether oxygens (including phenoxy) is 2. The van der Waals surface area contributed by atoms with E-state index in [1.165, 1.54) is 30.5 Å². The van der Waals surface area contributed by atoms with Crippen LogP contribution in [0.1, 0.15) is 21.6 Å². The third-order valence-corrected chi connectivity index (χ3v) is 5.44. The van der Waals surface area contributed by atoms with Gasteiger partial charge in [0.1, 0.15) is 30.4 Å². The molecule has 0 spiro atoms. The quantitative estimate of drug-likeness (QED) is 0.635. The van der Waals surface area contributed by atoms with Gasteiger partial charge in [0.25, 0.3) is 5.91 Å². The van der Waals surface area contributed by atoms with Crippen LogP contribution in [-0.4, -0.2) is 35.0 Å². The Morgan fingerprint density at radius 3 is 2.85 bits per heavy atom. The highest BCUT2D eigenvalue weighted by atomic mass is 19.1. The lowest BCUT2D eigenvalue weighted by molar-refractivity contribution is 0.0503. The number of aliphatic hydroxyl groups excluding tert-OH is 1. The van der Waals surface area contributed by atoms with E-state index in [-0.39, 0.29) is 36.7 Å². The van der Waals surface area contributed by atoms with E-state index in [9.17, 15) is 14.3 Å². The summed E-state index contributed by atoms with van der Waals surface area (Å²) in [5.41, 5.74) is 2.62. The van der Waals surface area contributed by atoms with Crippen LogP contribution in [0, 0.1) is 12.7 Å².